The molecule has 2 heterocycles. The lowest BCUT2D eigenvalue weighted by molar-refractivity contribution is 0.0308. The number of benzene rings is 1. The zero-order valence-electron chi connectivity index (χ0n) is 12.2. The van der Waals surface area contributed by atoms with Crippen LogP contribution in [0.2, 0.25) is 0 Å². The maximum Gasteiger partial charge on any atom is 0.0593 e. The molecule has 20 heavy (non-hydrogen) atoms. The second kappa shape index (κ2) is 7.21. The molecule has 1 aromatic rings. The summed E-state index contributed by atoms with van der Waals surface area (Å²) >= 11 is 0. The molecule has 1 aromatic carbocycles. The first-order chi connectivity index (χ1) is 9.92. The van der Waals surface area contributed by atoms with Crippen molar-refractivity contribution >= 4 is 0 Å². The van der Waals surface area contributed by atoms with E-state index in [1.54, 1.807) is 0 Å². The number of nitrogens with zero attached hydrogens (tertiary/aromatic N) is 1. The Kier molecular flexibility index (Phi) is 5.06. The van der Waals surface area contributed by atoms with Crippen LogP contribution in [0.5, 0.6) is 0 Å². The number of rotatable bonds is 3. The van der Waals surface area contributed by atoms with Crippen LogP contribution in [0.1, 0.15) is 18.4 Å². The molecule has 110 valence electrons. The zero-order chi connectivity index (χ0) is 13.6. The predicted molar refractivity (Wildman–Crippen MR) is 79.9 cm³/mol. The monoisotopic (exact) mass is 275 g/mol. The second-order valence-corrected chi connectivity index (χ2v) is 5.97. The van der Waals surface area contributed by atoms with Crippen LogP contribution in [-0.4, -0.2) is 50.5 Å². The Morgan fingerprint density at radius 2 is 1.80 bits per heavy atom. The first-order valence-corrected chi connectivity index (χ1v) is 7.85. The van der Waals surface area contributed by atoms with Crippen LogP contribution in [0.4, 0.5) is 0 Å². The van der Waals surface area contributed by atoms with Gasteiger partial charge in [-0.2, -0.15) is 0 Å². The zero-order valence-corrected chi connectivity index (χ0v) is 12.2. The molecular weight excluding hydrogens is 250 g/mol. The van der Waals surface area contributed by atoms with E-state index in [-0.39, 0.29) is 0 Å². The number of hydrogen-bond donors (Lipinski definition) is 0. The molecule has 3 rings (SSSR count). The summed E-state index contributed by atoms with van der Waals surface area (Å²) < 4.78 is 11.3. The van der Waals surface area contributed by atoms with Gasteiger partial charge in [-0.1, -0.05) is 30.3 Å². The average molecular weight is 275 g/mol. The smallest absolute Gasteiger partial charge is 0.0593 e. The minimum Gasteiger partial charge on any atom is -0.381 e. The van der Waals surface area contributed by atoms with Gasteiger partial charge in [-0.3, -0.25) is 4.90 Å². The van der Waals surface area contributed by atoms with Crippen molar-refractivity contribution in [3.8, 4) is 0 Å². The van der Waals surface area contributed by atoms with Gasteiger partial charge in [0.15, 0.2) is 0 Å². The van der Waals surface area contributed by atoms with Crippen molar-refractivity contribution in [1.82, 2.24) is 4.90 Å². The predicted octanol–water partition coefficient (Wildman–Crippen LogP) is 2.36. The minimum absolute atomic E-state index is 0.614. The summed E-state index contributed by atoms with van der Waals surface area (Å²) in [5, 5.41) is 0. The Labute approximate surface area is 121 Å². The van der Waals surface area contributed by atoms with Crippen LogP contribution in [0.25, 0.3) is 0 Å². The Hall–Kier alpha value is -0.900. The van der Waals surface area contributed by atoms with Crippen molar-refractivity contribution in [3.05, 3.63) is 35.9 Å². The summed E-state index contributed by atoms with van der Waals surface area (Å²) in [6, 6.07) is 11.5. The fourth-order valence-electron chi connectivity index (χ4n) is 3.36. The van der Waals surface area contributed by atoms with Crippen molar-refractivity contribution in [2.24, 2.45) is 5.92 Å². The molecule has 2 saturated heterocycles. The fourth-order valence-corrected chi connectivity index (χ4v) is 3.36. The third kappa shape index (κ3) is 3.81. The lowest BCUT2D eigenvalue weighted by Gasteiger charge is -2.34. The summed E-state index contributed by atoms with van der Waals surface area (Å²) in [7, 11) is 0. The van der Waals surface area contributed by atoms with Gasteiger partial charge < -0.3 is 9.47 Å². The van der Waals surface area contributed by atoms with Gasteiger partial charge in [-0.15, -0.1) is 0 Å². The van der Waals surface area contributed by atoms with Crippen LogP contribution >= 0.6 is 0 Å². The van der Waals surface area contributed by atoms with E-state index in [4.69, 9.17) is 9.47 Å². The third-order valence-electron chi connectivity index (χ3n) is 4.44. The maximum atomic E-state index is 5.83. The first kappa shape index (κ1) is 14.1. The molecule has 0 aromatic heterocycles. The standard InChI is InChI=1S/C17H25NO2/c1-2-4-15(5-3-1)12-16-13-18(8-11-20-14-16)17-6-9-19-10-7-17/h1-5,16-17H,6-14H2/t16-/m1/s1. The van der Waals surface area contributed by atoms with Crippen molar-refractivity contribution < 1.29 is 9.47 Å². The lowest BCUT2D eigenvalue weighted by Crippen LogP contribution is -2.42. The molecule has 0 spiro atoms. The van der Waals surface area contributed by atoms with Crippen LogP contribution in [0.3, 0.4) is 0 Å². The van der Waals surface area contributed by atoms with Gasteiger partial charge in [0.05, 0.1) is 13.2 Å². The Morgan fingerprint density at radius 3 is 2.60 bits per heavy atom. The Bertz CT molecular complexity index is 389. The van der Waals surface area contributed by atoms with Crippen LogP contribution < -0.4 is 0 Å². The van der Waals surface area contributed by atoms with Gasteiger partial charge in [-0.05, 0) is 30.7 Å². The normalized spacial score (nSPS) is 26.3. The Morgan fingerprint density at radius 1 is 1.00 bits per heavy atom. The van der Waals surface area contributed by atoms with Gasteiger partial charge in [0.1, 0.15) is 0 Å². The summed E-state index contributed by atoms with van der Waals surface area (Å²) in [5.41, 5.74) is 1.43. The van der Waals surface area contributed by atoms with Gasteiger partial charge >= 0.3 is 0 Å². The molecule has 1 atom stereocenters. The molecule has 0 aliphatic carbocycles. The molecule has 3 nitrogen and oxygen atoms in total. The second-order valence-electron chi connectivity index (χ2n) is 5.97. The van der Waals surface area contributed by atoms with E-state index in [0.29, 0.717) is 12.0 Å². The largest absolute Gasteiger partial charge is 0.381 e. The van der Waals surface area contributed by atoms with E-state index >= 15 is 0 Å². The number of ether oxygens (including phenoxy) is 2. The summed E-state index contributed by atoms with van der Waals surface area (Å²) in [5.74, 6) is 0.614. The molecule has 0 saturated carbocycles. The highest BCUT2D eigenvalue weighted by atomic mass is 16.5. The Balaban J connectivity index is 1.59. The molecule has 0 amide bonds. The van der Waals surface area contributed by atoms with Crippen LogP contribution in [0, 0.1) is 5.92 Å². The summed E-state index contributed by atoms with van der Waals surface area (Å²) in [4.78, 5) is 2.64. The fraction of sp³-hybridized carbons (Fsp3) is 0.647. The van der Waals surface area contributed by atoms with Crippen molar-refractivity contribution in [2.45, 2.75) is 25.3 Å². The van der Waals surface area contributed by atoms with Crippen molar-refractivity contribution in [3.63, 3.8) is 0 Å². The van der Waals surface area contributed by atoms with E-state index in [0.717, 1.165) is 39.4 Å². The van der Waals surface area contributed by atoms with Gasteiger partial charge in [0.25, 0.3) is 0 Å². The highest BCUT2D eigenvalue weighted by molar-refractivity contribution is 5.15. The SMILES string of the molecule is c1ccc(C[C@H]2COCCN(C3CCOCC3)C2)cc1. The third-order valence-corrected chi connectivity index (χ3v) is 4.44. The van der Waals surface area contributed by atoms with Gasteiger partial charge in [0, 0.05) is 32.3 Å². The molecule has 0 unspecified atom stereocenters. The van der Waals surface area contributed by atoms with E-state index in [1.807, 2.05) is 0 Å². The average Bonchev–Trinajstić information content (AvgIpc) is 2.75. The molecular formula is C17H25NO2. The maximum absolute atomic E-state index is 5.83. The van der Waals surface area contributed by atoms with Crippen LogP contribution in [0.15, 0.2) is 30.3 Å². The van der Waals surface area contributed by atoms with Crippen LogP contribution in [-0.2, 0) is 15.9 Å². The summed E-state index contributed by atoms with van der Waals surface area (Å²) in [6.45, 7) is 5.86. The molecule has 2 aliphatic heterocycles. The first-order valence-electron chi connectivity index (χ1n) is 7.85. The molecule has 3 heteroatoms. The molecule has 0 bridgehead atoms. The van der Waals surface area contributed by atoms with E-state index < -0.39 is 0 Å². The minimum atomic E-state index is 0.614. The molecule has 2 fully saturated rings. The summed E-state index contributed by atoms with van der Waals surface area (Å²) in [6.07, 6.45) is 3.48. The molecule has 2 aliphatic rings. The van der Waals surface area contributed by atoms with E-state index in [1.165, 1.54) is 24.9 Å². The topological polar surface area (TPSA) is 21.7 Å². The van der Waals surface area contributed by atoms with E-state index in [9.17, 15) is 0 Å². The quantitative estimate of drug-likeness (QED) is 0.845. The van der Waals surface area contributed by atoms with E-state index in [2.05, 4.69) is 35.2 Å². The highest BCUT2D eigenvalue weighted by Crippen LogP contribution is 2.20. The lowest BCUT2D eigenvalue weighted by atomic mass is 9.98. The van der Waals surface area contributed by atoms with Crippen molar-refractivity contribution in [2.75, 3.05) is 39.5 Å². The number of hydrogen-bond acceptors (Lipinski definition) is 3. The van der Waals surface area contributed by atoms with Gasteiger partial charge in [-0.25, -0.2) is 0 Å². The van der Waals surface area contributed by atoms with Crippen molar-refractivity contribution in [1.29, 1.82) is 0 Å². The molecule has 0 radical (unpaired) electrons. The van der Waals surface area contributed by atoms with Gasteiger partial charge in [0.2, 0.25) is 0 Å². The molecule has 0 N–H and O–H groups in total. The highest BCUT2D eigenvalue weighted by Gasteiger charge is 2.26.